The van der Waals surface area contributed by atoms with Crippen molar-refractivity contribution < 1.29 is 28.6 Å². The van der Waals surface area contributed by atoms with Gasteiger partial charge in [-0.2, -0.15) is 0 Å². The number of esters is 1. The smallest absolute Gasteiger partial charge is 0.343 e. The van der Waals surface area contributed by atoms with Crippen molar-refractivity contribution in [3.05, 3.63) is 42.5 Å². The van der Waals surface area contributed by atoms with Crippen LogP contribution in [0.2, 0.25) is 0 Å². The highest BCUT2D eigenvalue weighted by Gasteiger charge is 2.41. The number of Topliss-reactive ketones (excluding diaryl/α,β-unsaturated/α-hetero) is 1. The van der Waals surface area contributed by atoms with Gasteiger partial charge in [0.1, 0.15) is 16.9 Å². The van der Waals surface area contributed by atoms with Gasteiger partial charge in [-0.15, -0.1) is 0 Å². The molecule has 24 heavy (non-hydrogen) atoms. The molecule has 3 aromatic rings. The molecule has 2 unspecified atom stereocenters. The second-order valence-electron chi connectivity index (χ2n) is 5.62. The van der Waals surface area contributed by atoms with Crippen molar-refractivity contribution in [2.24, 2.45) is 0 Å². The van der Waals surface area contributed by atoms with Crippen LogP contribution in [0.25, 0.3) is 21.9 Å². The van der Waals surface area contributed by atoms with Crippen molar-refractivity contribution in [2.75, 3.05) is 6.61 Å². The van der Waals surface area contributed by atoms with E-state index in [4.69, 9.17) is 13.9 Å². The summed E-state index contributed by atoms with van der Waals surface area (Å²) in [5, 5.41) is 11.2. The molecule has 4 rings (SSSR count). The number of rotatable bonds is 4. The lowest BCUT2D eigenvalue weighted by molar-refractivity contribution is -0.147. The molecule has 2 heterocycles. The number of carbonyl (C=O) groups excluding carboxylic acids is 2. The number of cyclic esters (lactones) is 1. The van der Waals surface area contributed by atoms with Crippen LogP contribution in [0.15, 0.2) is 46.9 Å². The number of ether oxygens (including phenoxy) is 2. The zero-order valence-corrected chi connectivity index (χ0v) is 12.6. The molecule has 1 fully saturated rings. The van der Waals surface area contributed by atoms with Crippen LogP contribution in [0.3, 0.4) is 0 Å². The van der Waals surface area contributed by atoms with Gasteiger partial charge in [0.05, 0.1) is 6.61 Å². The SMILES string of the molecule is O=C1OC(CCOc2ccc3oc4ccccc4c3c2)C(=O)C1O. The van der Waals surface area contributed by atoms with Gasteiger partial charge in [-0.3, -0.25) is 4.79 Å². The van der Waals surface area contributed by atoms with Crippen molar-refractivity contribution in [1.82, 2.24) is 0 Å². The fraction of sp³-hybridized carbons (Fsp3) is 0.222. The summed E-state index contributed by atoms with van der Waals surface area (Å²) in [6.07, 6.45) is -2.40. The van der Waals surface area contributed by atoms with E-state index < -0.39 is 24.0 Å². The number of aliphatic hydroxyl groups is 1. The molecule has 122 valence electrons. The van der Waals surface area contributed by atoms with Crippen LogP contribution in [0.1, 0.15) is 6.42 Å². The zero-order chi connectivity index (χ0) is 16.7. The van der Waals surface area contributed by atoms with Crippen LogP contribution in [0.5, 0.6) is 5.75 Å². The fourth-order valence-corrected chi connectivity index (χ4v) is 2.83. The maximum Gasteiger partial charge on any atom is 0.343 e. The molecule has 0 radical (unpaired) electrons. The Bertz CT molecular complexity index is 941. The second kappa shape index (κ2) is 5.65. The van der Waals surface area contributed by atoms with Crippen molar-refractivity contribution in [1.29, 1.82) is 0 Å². The summed E-state index contributed by atoms with van der Waals surface area (Å²) >= 11 is 0. The Hall–Kier alpha value is -2.86. The molecule has 1 aromatic heterocycles. The van der Waals surface area contributed by atoms with E-state index >= 15 is 0 Å². The average molecular weight is 326 g/mol. The molecule has 1 N–H and O–H groups in total. The van der Waals surface area contributed by atoms with E-state index in [1.165, 1.54) is 0 Å². The predicted molar refractivity (Wildman–Crippen MR) is 84.7 cm³/mol. The third kappa shape index (κ3) is 2.41. The summed E-state index contributed by atoms with van der Waals surface area (Å²) in [5.74, 6) is -0.873. The topological polar surface area (TPSA) is 86.0 Å². The van der Waals surface area contributed by atoms with Gasteiger partial charge < -0.3 is 19.0 Å². The molecule has 1 aliphatic heterocycles. The first-order valence-electron chi connectivity index (χ1n) is 7.60. The van der Waals surface area contributed by atoms with Crippen LogP contribution >= 0.6 is 0 Å². The summed E-state index contributed by atoms with van der Waals surface area (Å²) < 4.78 is 16.2. The van der Waals surface area contributed by atoms with E-state index in [-0.39, 0.29) is 13.0 Å². The van der Waals surface area contributed by atoms with E-state index in [1.807, 2.05) is 36.4 Å². The van der Waals surface area contributed by atoms with Crippen molar-refractivity contribution in [3.8, 4) is 5.75 Å². The van der Waals surface area contributed by atoms with Gasteiger partial charge >= 0.3 is 5.97 Å². The van der Waals surface area contributed by atoms with Crippen LogP contribution in [0.4, 0.5) is 0 Å². The first-order valence-corrected chi connectivity index (χ1v) is 7.60. The van der Waals surface area contributed by atoms with Crippen molar-refractivity contribution in [3.63, 3.8) is 0 Å². The molecule has 0 saturated carbocycles. The van der Waals surface area contributed by atoms with Crippen LogP contribution in [-0.4, -0.2) is 35.7 Å². The summed E-state index contributed by atoms with van der Waals surface area (Å²) in [4.78, 5) is 22.7. The quantitative estimate of drug-likeness (QED) is 0.584. The highest BCUT2D eigenvalue weighted by molar-refractivity contribution is 6.09. The normalized spacial score (nSPS) is 20.7. The molecule has 1 aliphatic rings. The largest absolute Gasteiger partial charge is 0.493 e. The molecule has 0 bridgehead atoms. The average Bonchev–Trinajstić information content (AvgIpc) is 3.08. The second-order valence-corrected chi connectivity index (χ2v) is 5.62. The Morgan fingerprint density at radius 1 is 1.04 bits per heavy atom. The van der Waals surface area contributed by atoms with E-state index in [2.05, 4.69) is 0 Å². The number of hydrogen-bond acceptors (Lipinski definition) is 6. The molecule has 0 spiro atoms. The number of aliphatic hydroxyl groups excluding tert-OH is 1. The minimum absolute atomic E-state index is 0.192. The minimum Gasteiger partial charge on any atom is -0.493 e. The van der Waals surface area contributed by atoms with Gasteiger partial charge in [0.25, 0.3) is 0 Å². The number of ketones is 1. The standard InChI is InChI=1S/C18H14O6/c19-16-15(24-18(21)17(16)20)7-8-22-10-5-6-14-12(9-10)11-3-1-2-4-13(11)23-14/h1-6,9,15,17,20H,7-8H2. The summed E-state index contributed by atoms with van der Waals surface area (Å²) in [6.45, 7) is 0.192. The Balaban J connectivity index is 1.48. The van der Waals surface area contributed by atoms with Gasteiger partial charge in [-0.25, -0.2) is 4.79 Å². The summed E-state index contributed by atoms with van der Waals surface area (Å²) in [7, 11) is 0. The Morgan fingerprint density at radius 2 is 1.83 bits per heavy atom. The van der Waals surface area contributed by atoms with E-state index in [1.54, 1.807) is 6.07 Å². The lowest BCUT2D eigenvalue weighted by Gasteiger charge is -2.09. The lowest BCUT2D eigenvalue weighted by atomic mass is 10.1. The maximum absolute atomic E-state index is 11.6. The molecule has 6 nitrogen and oxygen atoms in total. The summed E-state index contributed by atoms with van der Waals surface area (Å²) in [6, 6.07) is 13.2. The number of para-hydroxylation sites is 1. The fourth-order valence-electron chi connectivity index (χ4n) is 2.83. The van der Waals surface area contributed by atoms with Crippen LogP contribution in [0, 0.1) is 0 Å². The van der Waals surface area contributed by atoms with Crippen molar-refractivity contribution in [2.45, 2.75) is 18.6 Å². The highest BCUT2D eigenvalue weighted by atomic mass is 16.6. The van der Waals surface area contributed by atoms with Gasteiger partial charge in [-0.05, 0) is 24.3 Å². The summed E-state index contributed by atoms with van der Waals surface area (Å²) in [5.41, 5.74) is 1.58. The van der Waals surface area contributed by atoms with Crippen LogP contribution < -0.4 is 4.74 Å². The molecule has 2 atom stereocenters. The first kappa shape index (κ1) is 14.7. The van der Waals surface area contributed by atoms with Crippen molar-refractivity contribution >= 4 is 33.7 Å². The molecule has 6 heteroatoms. The number of carbonyl (C=O) groups is 2. The molecular formula is C18H14O6. The zero-order valence-electron chi connectivity index (χ0n) is 12.6. The molecular weight excluding hydrogens is 312 g/mol. The highest BCUT2D eigenvalue weighted by Crippen LogP contribution is 2.31. The molecule has 2 aromatic carbocycles. The molecule has 0 amide bonds. The van der Waals surface area contributed by atoms with Crippen LogP contribution in [-0.2, 0) is 14.3 Å². The molecule has 0 aliphatic carbocycles. The third-order valence-electron chi connectivity index (χ3n) is 4.07. The number of furan rings is 1. The molecule has 1 saturated heterocycles. The van der Waals surface area contributed by atoms with E-state index in [0.717, 1.165) is 21.9 Å². The Labute approximate surface area is 136 Å². The number of fused-ring (bicyclic) bond motifs is 3. The van der Waals surface area contributed by atoms with E-state index in [0.29, 0.717) is 5.75 Å². The number of benzene rings is 2. The monoisotopic (exact) mass is 326 g/mol. The van der Waals surface area contributed by atoms with Gasteiger partial charge in [0, 0.05) is 17.2 Å². The van der Waals surface area contributed by atoms with E-state index in [9.17, 15) is 14.7 Å². The minimum atomic E-state index is -1.66. The predicted octanol–water partition coefficient (Wildman–Crippen LogP) is 2.21. The number of hydrogen-bond donors (Lipinski definition) is 1. The van der Waals surface area contributed by atoms with Gasteiger partial charge in [0.2, 0.25) is 11.9 Å². The Morgan fingerprint density at radius 3 is 2.62 bits per heavy atom. The maximum atomic E-state index is 11.6. The Kier molecular flexibility index (Phi) is 3.46. The van der Waals surface area contributed by atoms with Gasteiger partial charge in [0.15, 0.2) is 6.10 Å². The van der Waals surface area contributed by atoms with Gasteiger partial charge in [-0.1, -0.05) is 18.2 Å². The third-order valence-corrected chi connectivity index (χ3v) is 4.07. The first-order chi connectivity index (χ1) is 11.6. The lowest BCUT2D eigenvalue weighted by Crippen LogP contribution is -2.26.